The molecule has 0 saturated carbocycles. The van der Waals surface area contributed by atoms with Gasteiger partial charge in [-0.2, -0.15) is 0 Å². The summed E-state index contributed by atoms with van der Waals surface area (Å²) in [4.78, 5) is 4.59. The molecule has 4 rings (SSSR count). The number of benzene rings is 2. The van der Waals surface area contributed by atoms with Gasteiger partial charge in [-0.05, 0) is 54.8 Å². The first-order valence-electron chi connectivity index (χ1n) is 9.21. The second kappa shape index (κ2) is 8.33. The van der Waals surface area contributed by atoms with Crippen LogP contribution in [-0.4, -0.2) is 20.5 Å². The van der Waals surface area contributed by atoms with Crippen LogP contribution in [-0.2, 0) is 16.6 Å². The number of ether oxygens (including phenoxy) is 1. The van der Waals surface area contributed by atoms with E-state index in [0.29, 0.717) is 23.0 Å². The van der Waals surface area contributed by atoms with Crippen molar-refractivity contribution in [2.45, 2.75) is 17.7 Å². The molecule has 0 radical (unpaired) electrons. The molecule has 4 aromatic rings. The van der Waals surface area contributed by atoms with Crippen LogP contribution in [0.4, 0.5) is 5.69 Å². The Bertz CT molecular complexity index is 1220. The van der Waals surface area contributed by atoms with Gasteiger partial charge < -0.3 is 9.15 Å². The lowest BCUT2D eigenvalue weighted by Gasteiger charge is -2.23. The Kier molecular flexibility index (Phi) is 5.61. The molecule has 0 spiro atoms. The minimum absolute atomic E-state index is 0.0652. The molecule has 0 N–H and O–H groups in total. The quantitative estimate of drug-likeness (QED) is 0.399. The van der Waals surface area contributed by atoms with Crippen molar-refractivity contribution < 1.29 is 17.6 Å². The Labute approximate surface area is 179 Å². The van der Waals surface area contributed by atoms with Crippen molar-refractivity contribution in [3.05, 3.63) is 83.6 Å². The van der Waals surface area contributed by atoms with Crippen LogP contribution in [0.15, 0.2) is 80.7 Å². The lowest BCUT2D eigenvalue weighted by atomic mass is 10.2. The van der Waals surface area contributed by atoms with Gasteiger partial charge in [0.25, 0.3) is 10.0 Å². The van der Waals surface area contributed by atoms with E-state index in [2.05, 4.69) is 4.98 Å². The van der Waals surface area contributed by atoms with Gasteiger partial charge in [0, 0.05) is 5.56 Å². The fourth-order valence-electron chi connectivity index (χ4n) is 3.00. The zero-order chi connectivity index (χ0) is 21.1. The average molecular weight is 441 g/mol. The largest absolute Gasteiger partial charge is 0.497 e. The number of anilines is 1. The lowest BCUT2D eigenvalue weighted by molar-refractivity contribution is 0.415. The molecule has 8 heteroatoms. The summed E-state index contributed by atoms with van der Waals surface area (Å²) >= 11 is 1.19. The monoisotopic (exact) mass is 440 g/mol. The van der Waals surface area contributed by atoms with E-state index in [0.717, 1.165) is 11.3 Å². The lowest BCUT2D eigenvalue weighted by Crippen LogP contribution is -2.30. The molecule has 154 valence electrons. The third kappa shape index (κ3) is 3.96. The first-order valence-corrected chi connectivity index (χ1v) is 11.5. The van der Waals surface area contributed by atoms with Crippen LogP contribution in [0, 0.1) is 6.92 Å². The molecule has 0 saturated heterocycles. The molecule has 0 unspecified atom stereocenters. The number of hydrogen-bond donors (Lipinski definition) is 0. The summed E-state index contributed by atoms with van der Waals surface area (Å²) in [6.07, 6.45) is 0. The Hall–Kier alpha value is -3.10. The summed E-state index contributed by atoms with van der Waals surface area (Å²) < 4.78 is 39.3. The van der Waals surface area contributed by atoms with E-state index >= 15 is 0 Å². The number of hydrogen-bond acceptors (Lipinski definition) is 6. The van der Waals surface area contributed by atoms with E-state index in [1.54, 1.807) is 43.7 Å². The maximum Gasteiger partial charge on any atom is 0.274 e. The van der Waals surface area contributed by atoms with Crippen LogP contribution in [0.1, 0.15) is 11.5 Å². The third-order valence-electron chi connectivity index (χ3n) is 4.61. The van der Waals surface area contributed by atoms with Gasteiger partial charge in [-0.15, -0.1) is 11.3 Å². The highest BCUT2D eigenvalue weighted by atomic mass is 32.2. The maximum absolute atomic E-state index is 13.3. The van der Waals surface area contributed by atoms with Gasteiger partial charge in [0.05, 0.1) is 19.3 Å². The molecule has 0 aliphatic rings. The molecule has 30 heavy (non-hydrogen) atoms. The molecule has 2 aromatic carbocycles. The highest BCUT2D eigenvalue weighted by Gasteiger charge is 2.28. The molecular formula is C22H20N2O4S2. The number of thiophene rings is 1. The summed E-state index contributed by atoms with van der Waals surface area (Å²) in [5.74, 6) is 1.74. The van der Waals surface area contributed by atoms with E-state index < -0.39 is 10.0 Å². The number of aromatic nitrogens is 1. The Morgan fingerprint density at radius 3 is 2.40 bits per heavy atom. The van der Waals surface area contributed by atoms with Gasteiger partial charge in [0.15, 0.2) is 0 Å². The fraction of sp³-hybridized carbons (Fsp3) is 0.136. The zero-order valence-corrected chi connectivity index (χ0v) is 18.1. The number of rotatable bonds is 7. The van der Waals surface area contributed by atoms with E-state index in [1.807, 2.05) is 42.5 Å². The standard InChI is InChI=1S/C22H20N2O4S2/c1-16-20(23-22(28-16)17-10-12-19(27-2)13-11-17)15-24(18-7-4-3-5-8-18)30(25,26)21-9-6-14-29-21/h3-14H,15H2,1-2H3. The summed E-state index contributed by atoms with van der Waals surface area (Å²) in [7, 11) is -2.13. The Balaban J connectivity index is 1.71. The van der Waals surface area contributed by atoms with E-state index in [9.17, 15) is 8.42 Å². The Morgan fingerprint density at radius 2 is 1.77 bits per heavy atom. The van der Waals surface area contributed by atoms with Crippen molar-refractivity contribution in [3.8, 4) is 17.2 Å². The molecule has 0 bridgehead atoms. The number of oxazole rings is 1. The fourth-order valence-corrected chi connectivity index (χ4v) is 5.53. The van der Waals surface area contributed by atoms with Crippen molar-refractivity contribution in [1.82, 2.24) is 4.98 Å². The highest BCUT2D eigenvalue weighted by molar-refractivity contribution is 7.94. The van der Waals surface area contributed by atoms with Crippen LogP contribution in [0.5, 0.6) is 5.75 Å². The van der Waals surface area contributed by atoms with Crippen molar-refractivity contribution in [1.29, 1.82) is 0 Å². The van der Waals surface area contributed by atoms with Crippen LogP contribution >= 0.6 is 11.3 Å². The van der Waals surface area contributed by atoms with Crippen molar-refractivity contribution in [3.63, 3.8) is 0 Å². The van der Waals surface area contributed by atoms with E-state index in [4.69, 9.17) is 9.15 Å². The molecular weight excluding hydrogens is 420 g/mol. The molecule has 0 amide bonds. The Morgan fingerprint density at radius 1 is 1.03 bits per heavy atom. The number of sulfonamides is 1. The van der Waals surface area contributed by atoms with Gasteiger partial charge in [0.2, 0.25) is 5.89 Å². The minimum atomic E-state index is -3.74. The topological polar surface area (TPSA) is 72.6 Å². The number of aryl methyl sites for hydroxylation is 1. The smallest absolute Gasteiger partial charge is 0.274 e. The first-order chi connectivity index (χ1) is 14.5. The molecule has 0 aliphatic carbocycles. The van der Waals surface area contributed by atoms with E-state index in [1.165, 1.54) is 15.6 Å². The third-order valence-corrected chi connectivity index (χ3v) is 7.75. The minimum Gasteiger partial charge on any atom is -0.497 e. The first kappa shape index (κ1) is 20.2. The normalized spacial score (nSPS) is 11.4. The SMILES string of the molecule is COc1ccc(-c2nc(CN(c3ccccc3)S(=O)(=O)c3cccs3)c(C)o2)cc1. The van der Waals surface area contributed by atoms with Crippen molar-refractivity contribution in [2.75, 3.05) is 11.4 Å². The summed E-state index contributed by atoms with van der Waals surface area (Å²) in [5.41, 5.74) is 1.92. The molecule has 0 atom stereocenters. The second-order valence-corrected chi connectivity index (χ2v) is 9.57. The van der Waals surface area contributed by atoms with E-state index in [-0.39, 0.29) is 10.8 Å². The number of nitrogens with zero attached hydrogens (tertiary/aromatic N) is 2. The van der Waals surface area contributed by atoms with Crippen molar-refractivity contribution >= 4 is 27.0 Å². The summed E-state index contributed by atoms with van der Waals surface area (Å²) in [6, 6.07) is 19.7. The highest BCUT2D eigenvalue weighted by Crippen LogP contribution is 2.30. The van der Waals surface area contributed by atoms with Crippen LogP contribution in [0.3, 0.4) is 0 Å². The molecule has 2 aromatic heterocycles. The van der Waals surface area contributed by atoms with Gasteiger partial charge >= 0.3 is 0 Å². The molecule has 0 fully saturated rings. The van der Waals surface area contributed by atoms with Gasteiger partial charge in [-0.25, -0.2) is 13.4 Å². The molecule has 0 aliphatic heterocycles. The maximum atomic E-state index is 13.3. The van der Waals surface area contributed by atoms with Crippen LogP contribution < -0.4 is 9.04 Å². The summed E-state index contributed by atoms with van der Waals surface area (Å²) in [6.45, 7) is 1.85. The molecule has 6 nitrogen and oxygen atoms in total. The predicted molar refractivity (Wildman–Crippen MR) is 117 cm³/mol. The van der Waals surface area contributed by atoms with Gasteiger partial charge in [-0.1, -0.05) is 24.3 Å². The van der Waals surface area contributed by atoms with Gasteiger partial charge in [0.1, 0.15) is 21.4 Å². The number of para-hydroxylation sites is 1. The predicted octanol–water partition coefficient (Wildman–Crippen LogP) is 5.12. The average Bonchev–Trinajstić information content (AvgIpc) is 3.43. The number of methoxy groups -OCH3 is 1. The van der Waals surface area contributed by atoms with Crippen LogP contribution in [0.2, 0.25) is 0 Å². The van der Waals surface area contributed by atoms with Gasteiger partial charge in [-0.3, -0.25) is 4.31 Å². The molecule has 2 heterocycles. The van der Waals surface area contributed by atoms with Crippen molar-refractivity contribution in [2.24, 2.45) is 0 Å². The zero-order valence-electron chi connectivity index (χ0n) is 16.5. The second-order valence-electron chi connectivity index (χ2n) is 6.53. The van der Waals surface area contributed by atoms with Crippen LogP contribution in [0.25, 0.3) is 11.5 Å². The summed E-state index contributed by atoms with van der Waals surface area (Å²) in [5, 5.41) is 1.75.